The predicted molar refractivity (Wildman–Crippen MR) is 116 cm³/mol. The van der Waals surface area contributed by atoms with Crippen molar-refractivity contribution in [3.8, 4) is 0 Å². The molecule has 6 nitrogen and oxygen atoms in total. The summed E-state index contributed by atoms with van der Waals surface area (Å²) in [5.41, 5.74) is 0.605. The van der Waals surface area contributed by atoms with Crippen molar-refractivity contribution in [3.05, 3.63) is 46.8 Å². The van der Waals surface area contributed by atoms with E-state index < -0.39 is 0 Å². The molecule has 1 saturated heterocycles. The molecule has 4 rings (SSSR count). The zero-order valence-corrected chi connectivity index (χ0v) is 17.7. The Morgan fingerprint density at radius 3 is 2.48 bits per heavy atom. The van der Waals surface area contributed by atoms with Gasteiger partial charge in [-0.15, -0.1) is 0 Å². The molecule has 1 aromatic heterocycles. The topological polar surface area (TPSA) is 64.4 Å². The Balaban J connectivity index is 1.63. The van der Waals surface area contributed by atoms with E-state index in [4.69, 9.17) is 9.72 Å². The molecule has 3 aromatic rings. The van der Waals surface area contributed by atoms with E-state index in [2.05, 4.69) is 0 Å². The minimum atomic E-state index is -0.0631. The van der Waals surface area contributed by atoms with Crippen molar-refractivity contribution < 1.29 is 9.53 Å². The highest BCUT2D eigenvalue weighted by molar-refractivity contribution is 7.99. The first kappa shape index (κ1) is 19.9. The van der Waals surface area contributed by atoms with Crippen LogP contribution >= 0.6 is 11.8 Å². The van der Waals surface area contributed by atoms with Crippen LogP contribution in [0.4, 0.5) is 0 Å². The van der Waals surface area contributed by atoms with Crippen molar-refractivity contribution in [2.24, 2.45) is 0 Å². The van der Waals surface area contributed by atoms with Crippen LogP contribution in [0.15, 0.2) is 46.3 Å². The zero-order valence-electron chi connectivity index (χ0n) is 16.9. The second kappa shape index (κ2) is 8.16. The second-order valence-electron chi connectivity index (χ2n) is 7.51. The molecule has 0 saturated carbocycles. The number of benzene rings is 2. The quantitative estimate of drug-likeness (QED) is 0.374. The Morgan fingerprint density at radius 2 is 1.83 bits per heavy atom. The first-order valence-corrected chi connectivity index (χ1v) is 10.9. The lowest BCUT2D eigenvalue weighted by atomic mass is 10.1. The fraction of sp³-hybridized carbons (Fsp3) is 0.409. The molecule has 2 atom stereocenters. The first-order chi connectivity index (χ1) is 14.0. The number of amides is 1. The van der Waals surface area contributed by atoms with Crippen molar-refractivity contribution in [2.45, 2.75) is 44.7 Å². The molecule has 1 aliphatic heterocycles. The van der Waals surface area contributed by atoms with Crippen molar-refractivity contribution in [1.29, 1.82) is 0 Å². The minimum absolute atomic E-state index is 0.0357. The van der Waals surface area contributed by atoms with Gasteiger partial charge in [-0.05, 0) is 43.7 Å². The number of nitrogens with zero attached hydrogens (tertiary/aromatic N) is 3. The third kappa shape index (κ3) is 4.02. The summed E-state index contributed by atoms with van der Waals surface area (Å²) in [4.78, 5) is 32.4. The van der Waals surface area contributed by atoms with Crippen LogP contribution in [-0.2, 0) is 16.1 Å². The highest BCUT2D eigenvalue weighted by atomic mass is 32.2. The average molecular weight is 412 g/mol. The lowest BCUT2D eigenvalue weighted by Gasteiger charge is -2.35. The molecule has 152 valence electrons. The van der Waals surface area contributed by atoms with E-state index in [9.17, 15) is 9.59 Å². The SMILES string of the molecule is CCn1c(SCC(=O)N2CC(C)OC(C)C2)nc2cc3ccccc3cc2c1=O. The fourth-order valence-electron chi connectivity index (χ4n) is 3.88. The van der Waals surface area contributed by atoms with Gasteiger partial charge in [0, 0.05) is 19.6 Å². The van der Waals surface area contributed by atoms with Gasteiger partial charge in [0.1, 0.15) is 0 Å². The number of carbonyl (C=O) groups is 1. The molecule has 1 fully saturated rings. The maximum Gasteiger partial charge on any atom is 0.262 e. The van der Waals surface area contributed by atoms with Crippen LogP contribution in [0.2, 0.25) is 0 Å². The van der Waals surface area contributed by atoms with Gasteiger partial charge in [-0.3, -0.25) is 14.2 Å². The van der Waals surface area contributed by atoms with Crippen LogP contribution in [0.5, 0.6) is 0 Å². The van der Waals surface area contributed by atoms with Crippen molar-refractivity contribution in [3.63, 3.8) is 0 Å². The number of morpholine rings is 1. The molecule has 7 heteroatoms. The Kier molecular flexibility index (Phi) is 5.61. The second-order valence-corrected chi connectivity index (χ2v) is 8.45. The van der Waals surface area contributed by atoms with Gasteiger partial charge in [0.15, 0.2) is 5.16 Å². The molecule has 29 heavy (non-hydrogen) atoms. The smallest absolute Gasteiger partial charge is 0.262 e. The minimum Gasteiger partial charge on any atom is -0.372 e. The van der Waals surface area contributed by atoms with Gasteiger partial charge in [-0.25, -0.2) is 4.98 Å². The van der Waals surface area contributed by atoms with E-state index in [-0.39, 0.29) is 29.4 Å². The van der Waals surface area contributed by atoms with Crippen LogP contribution in [0.25, 0.3) is 21.7 Å². The van der Waals surface area contributed by atoms with E-state index in [1.54, 1.807) is 4.57 Å². The summed E-state index contributed by atoms with van der Waals surface area (Å²) in [6, 6.07) is 11.8. The standard InChI is InChI=1S/C22H25N3O3S/c1-4-25-21(27)18-9-16-7-5-6-8-17(16)10-19(18)23-22(25)29-13-20(26)24-11-14(2)28-15(3)12-24/h5-10,14-15H,4,11-13H2,1-3H3. The van der Waals surface area contributed by atoms with E-state index in [0.717, 1.165) is 10.8 Å². The maximum absolute atomic E-state index is 13.1. The molecule has 0 spiro atoms. The number of hydrogen-bond acceptors (Lipinski definition) is 5. The van der Waals surface area contributed by atoms with Gasteiger partial charge in [0.05, 0.1) is 28.9 Å². The Bertz CT molecular complexity index is 1120. The number of carbonyl (C=O) groups excluding carboxylic acids is 1. The highest BCUT2D eigenvalue weighted by Crippen LogP contribution is 2.23. The normalized spacial score (nSPS) is 19.8. The monoisotopic (exact) mass is 411 g/mol. The summed E-state index contributed by atoms with van der Waals surface area (Å²) in [5.74, 6) is 0.304. The zero-order chi connectivity index (χ0) is 20.5. The Morgan fingerprint density at radius 1 is 1.17 bits per heavy atom. The van der Waals surface area contributed by atoms with E-state index in [1.807, 2.05) is 62.1 Å². The molecule has 2 heterocycles. The summed E-state index contributed by atoms with van der Waals surface area (Å²) >= 11 is 1.33. The van der Waals surface area contributed by atoms with E-state index in [1.165, 1.54) is 11.8 Å². The third-order valence-electron chi connectivity index (χ3n) is 5.20. The van der Waals surface area contributed by atoms with Gasteiger partial charge < -0.3 is 9.64 Å². The molecule has 2 unspecified atom stereocenters. The van der Waals surface area contributed by atoms with Gasteiger partial charge >= 0.3 is 0 Å². The number of fused-ring (bicyclic) bond motifs is 2. The molecule has 2 aromatic carbocycles. The molecule has 0 N–H and O–H groups in total. The summed E-state index contributed by atoms with van der Waals surface area (Å²) in [6.07, 6.45) is 0.0715. The van der Waals surface area contributed by atoms with Gasteiger partial charge in [-0.2, -0.15) is 0 Å². The summed E-state index contributed by atoms with van der Waals surface area (Å²) in [5, 5.41) is 3.26. The van der Waals surface area contributed by atoms with Crippen molar-refractivity contribution in [2.75, 3.05) is 18.8 Å². The number of aromatic nitrogens is 2. The third-order valence-corrected chi connectivity index (χ3v) is 6.16. The molecule has 1 aliphatic rings. The Labute approximate surface area is 173 Å². The molecule has 0 aliphatic carbocycles. The maximum atomic E-state index is 13.1. The molecule has 1 amide bonds. The van der Waals surface area contributed by atoms with E-state index in [0.29, 0.717) is 35.7 Å². The lowest BCUT2D eigenvalue weighted by molar-refractivity contribution is -0.140. The van der Waals surface area contributed by atoms with Crippen molar-refractivity contribution >= 4 is 39.3 Å². The van der Waals surface area contributed by atoms with Crippen LogP contribution in [0.1, 0.15) is 20.8 Å². The Hall–Kier alpha value is -2.38. The van der Waals surface area contributed by atoms with E-state index >= 15 is 0 Å². The summed E-state index contributed by atoms with van der Waals surface area (Å²) in [7, 11) is 0. The molecular formula is C22H25N3O3S. The fourth-order valence-corrected chi connectivity index (χ4v) is 4.84. The van der Waals surface area contributed by atoms with Gasteiger partial charge in [-0.1, -0.05) is 36.0 Å². The van der Waals surface area contributed by atoms with Crippen LogP contribution in [-0.4, -0.2) is 51.4 Å². The summed E-state index contributed by atoms with van der Waals surface area (Å²) in [6.45, 7) is 7.59. The first-order valence-electron chi connectivity index (χ1n) is 9.95. The molecule has 0 radical (unpaired) electrons. The lowest BCUT2D eigenvalue weighted by Crippen LogP contribution is -2.48. The molecule has 0 bridgehead atoms. The average Bonchev–Trinajstić information content (AvgIpc) is 2.70. The van der Waals surface area contributed by atoms with Crippen LogP contribution < -0.4 is 5.56 Å². The number of ether oxygens (including phenoxy) is 1. The predicted octanol–water partition coefficient (Wildman–Crippen LogP) is 3.30. The van der Waals surface area contributed by atoms with Crippen LogP contribution in [0.3, 0.4) is 0 Å². The number of hydrogen-bond donors (Lipinski definition) is 0. The van der Waals surface area contributed by atoms with Gasteiger partial charge in [0.2, 0.25) is 5.91 Å². The number of rotatable bonds is 4. The number of thioether (sulfide) groups is 1. The van der Waals surface area contributed by atoms with Gasteiger partial charge in [0.25, 0.3) is 5.56 Å². The summed E-state index contributed by atoms with van der Waals surface area (Å²) < 4.78 is 7.36. The largest absolute Gasteiger partial charge is 0.372 e. The highest BCUT2D eigenvalue weighted by Gasteiger charge is 2.26. The van der Waals surface area contributed by atoms with Crippen molar-refractivity contribution in [1.82, 2.24) is 14.5 Å². The van der Waals surface area contributed by atoms with Crippen LogP contribution in [0, 0.1) is 0 Å². The molecular weight excluding hydrogens is 386 g/mol.